The van der Waals surface area contributed by atoms with E-state index in [4.69, 9.17) is 14.6 Å². The van der Waals surface area contributed by atoms with Crippen LogP contribution in [0.15, 0.2) is 42.5 Å². The summed E-state index contributed by atoms with van der Waals surface area (Å²) >= 11 is 0. The van der Waals surface area contributed by atoms with E-state index in [9.17, 15) is 4.79 Å². The lowest BCUT2D eigenvalue weighted by Gasteiger charge is -2.14. The Kier molecular flexibility index (Phi) is 8.00. The zero-order valence-corrected chi connectivity index (χ0v) is 15.7. The van der Waals surface area contributed by atoms with Crippen LogP contribution in [0.2, 0.25) is 0 Å². The van der Waals surface area contributed by atoms with Gasteiger partial charge in [0.25, 0.3) is 0 Å². The number of carbonyl (C=O) groups is 1. The first-order chi connectivity index (χ1) is 12.7. The van der Waals surface area contributed by atoms with E-state index in [-0.39, 0.29) is 5.56 Å². The van der Waals surface area contributed by atoms with E-state index in [0.717, 1.165) is 54.7 Å². The maximum Gasteiger partial charge on any atom is 0.335 e. The Balaban J connectivity index is 2.22. The number of aromatic carboxylic acids is 1. The SMILES string of the molecule is CCCCCOc1cc(OCCCC)ccc1-c1ccc(C(=O)O)cc1. The molecule has 0 bridgehead atoms. The lowest BCUT2D eigenvalue weighted by Crippen LogP contribution is -2.01. The van der Waals surface area contributed by atoms with Gasteiger partial charge in [-0.15, -0.1) is 0 Å². The molecule has 0 unspecified atom stereocenters. The number of unbranched alkanes of at least 4 members (excludes halogenated alkanes) is 3. The fourth-order valence-electron chi connectivity index (χ4n) is 2.61. The van der Waals surface area contributed by atoms with E-state index in [1.807, 2.05) is 30.3 Å². The predicted octanol–water partition coefficient (Wildman–Crippen LogP) is 5.80. The Hall–Kier alpha value is -2.49. The van der Waals surface area contributed by atoms with E-state index >= 15 is 0 Å². The molecule has 0 amide bonds. The average molecular weight is 356 g/mol. The summed E-state index contributed by atoms with van der Waals surface area (Å²) in [5.74, 6) is 0.653. The first-order valence-corrected chi connectivity index (χ1v) is 9.39. The van der Waals surface area contributed by atoms with Crippen molar-refractivity contribution >= 4 is 5.97 Å². The number of rotatable bonds is 11. The molecule has 0 heterocycles. The van der Waals surface area contributed by atoms with Crippen molar-refractivity contribution in [2.45, 2.75) is 46.0 Å². The van der Waals surface area contributed by atoms with Gasteiger partial charge >= 0.3 is 5.97 Å². The summed E-state index contributed by atoms with van der Waals surface area (Å²) < 4.78 is 11.8. The van der Waals surface area contributed by atoms with E-state index in [1.54, 1.807) is 12.1 Å². The van der Waals surface area contributed by atoms with Crippen LogP contribution in [0.5, 0.6) is 11.5 Å². The molecular weight excluding hydrogens is 328 g/mol. The molecule has 0 aliphatic heterocycles. The molecule has 0 atom stereocenters. The Morgan fingerprint density at radius 3 is 2.23 bits per heavy atom. The minimum Gasteiger partial charge on any atom is -0.493 e. The van der Waals surface area contributed by atoms with Crippen molar-refractivity contribution in [2.24, 2.45) is 0 Å². The molecule has 0 aliphatic rings. The predicted molar refractivity (Wildman–Crippen MR) is 104 cm³/mol. The minimum atomic E-state index is -0.924. The second kappa shape index (κ2) is 10.5. The highest BCUT2D eigenvalue weighted by Gasteiger charge is 2.10. The summed E-state index contributed by atoms with van der Waals surface area (Å²) in [7, 11) is 0. The monoisotopic (exact) mass is 356 g/mol. The van der Waals surface area contributed by atoms with E-state index in [2.05, 4.69) is 13.8 Å². The number of hydrogen-bond donors (Lipinski definition) is 1. The van der Waals surface area contributed by atoms with Gasteiger partial charge in [0, 0.05) is 11.6 Å². The average Bonchev–Trinajstić information content (AvgIpc) is 2.66. The Labute approximate surface area is 155 Å². The van der Waals surface area contributed by atoms with Gasteiger partial charge in [0.1, 0.15) is 11.5 Å². The lowest BCUT2D eigenvalue weighted by atomic mass is 10.0. The molecule has 0 spiro atoms. The largest absolute Gasteiger partial charge is 0.493 e. The van der Waals surface area contributed by atoms with Gasteiger partial charge in [-0.3, -0.25) is 0 Å². The van der Waals surface area contributed by atoms with Gasteiger partial charge < -0.3 is 14.6 Å². The minimum absolute atomic E-state index is 0.277. The zero-order chi connectivity index (χ0) is 18.8. The summed E-state index contributed by atoms with van der Waals surface area (Å²) in [6.07, 6.45) is 5.40. The molecule has 0 fully saturated rings. The summed E-state index contributed by atoms with van der Waals surface area (Å²) in [5.41, 5.74) is 2.15. The van der Waals surface area contributed by atoms with Crippen LogP contribution in [-0.4, -0.2) is 24.3 Å². The fraction of sp³-hybridized carbons (Fsp3) is 0.409. The van der Waals surface area contributed by atoms with Crippen LogP contribution in [0.3, 0.4) is 0 Å². The molecule has 2 rings (SSSR count). The fourth-order valence-corrected chi connectivity index (χ4v) is 2.61. The van der Waals surface area contributed by atoms with Crippen molar-refractivity contribution in [3.63, 3.8) is 0 Å². The summed E-state index contributed by atoms with van der Waals surface area (Å²) in [6.45, 7) is 5.65. The number of carboxylic acid groups (broad SMARTS) is 1. The third-order valence-electron chi connectivity index (χ3n) is 4.17. The lowest BCUT2D eigenvalue weighted by molar-refractivity contribution is 0.0697. The van der Waals surface area contributed by atoms with Crippen LogP contribution in [-0.2, 0) is 0 Å². The van der Waals surface area contributed by atoms with Gasteiger partial charge in [-0.25, -0.2) is 4.79 Å². The molecule has 4 nitrogen and oxygen atoms in total. The number of ether oxygens (including phenoxy) is 2. The van der Waals surface area contributed by atoms with Crippen LogP contribution in [0.4, 0.5) is 0 Å². The third-order valence-corrected chi connectivity index (χ3v) is 4.17. The third kappa shape index (κ3) is 5.80. The maximum absolute atomic E-state index is 11.0. The van der Waals surface area contributed by atoms with Gasteiger partial charge in [0.2, 0.25) is 0 Å². The van der Waals surface area contributed by atoms with Crippen molar-refractivity contribution in [3.8, 4) is 22.6 Å². The Morgan fingerprint density at radius 2 is 1.58 bits per heavy atom. The van der Waals surface area contributed by atoms with Crippen molar-refractivity contribution in [1.82, 2.24) is 0 Å². The smallest absolute Gasteiger partial charge is 0.335 e. The molecule has 26 heavy (non-hydrogen) atoms. The standard InChI is InChI=1S/C22H28O4/c1-3-5-7-15-26-21-16-19(25-14-6-4-2)12-13-20(21)17-8-10-18(11-9-17)22(23)24/h8-13,16H,3-7,14-15H2,1-2H3,(H,23,24). The van der Waals surface area contributed by atoms with Gasteiger partial charge in [0.15, 0.2) is 0 Å². The van der Waals surface area contributed by atoms with Crippen LogP contribution in [0.1, 0.15) is 56.3 Å². The van der Waals surface area contributed by atoms with E-state index < -0.39 is 5.97 Å². The van der Waals surface area contributed by atoms with E-state index in [0.29, 0.717) is 13.2 Å². The van der Waals surface area contributed by atoms with Crippen molar-refractivity contribution in [2.75, 3.05) is 13.2 Å². The highest BCUT2D eigenvalue weighted by molar-refractivity contribution is 5.88. The van der Waals surface area contributed by atoms with Crippen LogP contribution in [0, 0.1) is 0 Å². The topological polar surface area (TPSA) is 55.8 Å². The van der Waals surface area contributed by atoms with Crippen molar-refractivity contribution < 1.29 is 19.4 Å². The molecule has 0 aromatic heterocycles. The summed E-state index contributed by atoms with van der Waals surface area (Å²) in [6, 6.07) is 12.7. The number of carboxylic acids is 1. The number of benzene rings is 2. The molecule has 140 valence electrons. The number of hydrogen-bond acceptors (Lipinski definition) is 3. The van der Waals surface area contributed by atoms with Gasteiger partial charge in [0.05, 0.1) is 18.8 Å². The van der Waals surface area contributed by atoms with Crippen molar-refractivity contribution in [3.05, 3.63) is 48.0 Å². The summed E-state index contributed by atoms with van der Waals surface area (Å²) in [4.78, 5) is 11.0. The van der Waals surface area contributed by atoms with Gasteiger partial charge in [-0.2, -0.15) is 0 Å². The molecular formula is C22H28O4. The molecule has 1 N–H and O–H groups in total. The molecule has 0 radical (unpaired) electrons. The molecule has 0 saturated heterocycles. The normalized spacial score (nSPS) is 10.5. The quantitative estimate of drug-likeness (QED) is 0.517. The Bertz CT molecular complexity index is 692. The van der Waals surface area contributed by atoms with Gasteiger partial charge in [-0.1, -0.05) is 45.2 Å². The second-order valence-corrected chi connectivity index (χ2v) is 6.30. The summed E-state index contributed by atoms with van der Waals surface area (Å²) in [5, 5.41) is 9.07. The first kappa shape index (κ1) is 19.8. The molecule has 2 aromatic carbocycles. The zero-order valence-electron chi connectivity index (χ0n) is 15.7. The highest BCUT2D eigenvalue weighted by Crippen LogP contribution is 2.34. The molecule has 2 aromatic rings. The van der Waals surface area contributed by atoms with Gasteiger partial charge in [-0.05, 0) is 42.7 Å². The molecule has 0 aliphatic carbocycles. The van der Waals surface area contributed by atoms with Crippen LogP contribution >= 0.6 is 0 Å². The molecule has 0 saturated carbocycles. The van der Waals surface area contributed by atoms with Crippen LogP contribution in [0.25, 0.3) is 11.1 Å². The highest BCUT2D eigenvalue weighted by atomic mass is 16.5. The van der Waals surface area contributed by atoms with Crippen LogP contribution < -0.4 is 9.47 Å². The first-order valence-electron chi connectivity index (χ1n) is 9.39. The van der Waals surface area contributed by atoms with Crippen molar-refractivity contribution in [1.29, 1.82) is 0 Å². The Morgan fingerprint density at radius 1 is 0.885 bits per heavy atom. The second-order valence-electron chi connectivity index (χ2n) is 6.30. The molecule has 4 heteroatoms. The van der Waals surface area contributed by atoms with E-state index in [1.165, 1.54) is 0 Å². The maximum atomic E-state index is 11.0.